The molecule has 0 aliphatic carbocycles. The highest BCUT2D eigenvalue weighted by atomic mass is 32.2. The van der Waals surface area contributed by atoms with Crippen LogP contribution in [0.3, 0.4) is 0 Å². The van der Waals surface area contributed by atoms with Crippen LogP contribution in [0.15, 0.2) is 53.4 Å². The topological polar surface area (TPSA) is 110 Å². The molecule has 1 N–H and O–H groups in total. The second-order valence-electron chi connectivity index (χ2n) is 5.50. The fourth-order valence-corrected chi connectivity index (χ4v) is 3.26. The minimum absolute atomic E-state index is 0.0899. The normalized spacial score (nSPS) is 15.4. The first-order valence-electron chi connectivity index (χ1n) is 7.86. The second-order valence-corrected chi connectivity index (χ2v) is 6.49. The number of rotatable bonds is 6. The van der Waals surface area contributed by atoms with Crippen molar-refractivity contribution in [3.05, 3.63) is 69.1 Å². The van der Waals surface area contributed by atoms with E-state index in [0.717, 1.165) is 22.7 Å². The predicted molar refractivity (Wildman–Crippen MR) is 99.4 cm³/mol. The largest absolute Gasteiger partial charge is 0.502 e. The van der Waals surface area contributed by atoms with Crippen LogP contribution >= 0.6 is 11.8 Å². The highest BCUT2D eigenvalue weighted by molar-refractivity contribution is 8.18. The lowest BCUT2D eigenvalue weighted by molar-refractivity contribution is -0.385. The molecule has 1 aliphatic rings. The molecule has 2 aromatic carbocycles. The molecule has 8 nitrogen and oxygen atoms in total. The molecular formula is C18H14N2O6S. The molecule has 9 heteroatoms. The lowest BCUT2D eigenvalue weighted by atomic mass is 10.1. The van der Waals surface area contributed by atoms with Crippen LogP contribution in [0.5, 0.6) is 11.5 Å². The van der Waals surface area contributed by atoms with Gasteiger partial charge in [-0.3, -0.25) is 24.6 Å². The third kappa shape index (κ3) is 4.26. The molecule has 0 saturated carbocycles. The zero-order chi connectivity index (χ0) is 19.4. The number of hydrogen-bond acceptors (Lipinski definition) is 7. The molecule has 0 unspecified atom stereocenters. The van der Waals surface area contributed by atoms with E-state index in [1.165, 1.54) is 18.2 Å². The first-order valence-corrected chi connectivity index (χ1v) is 8.68. The first-order chi connectivity index (χ1) is 13.0. The molecule has 138 valence electrons. The van der Waals surface area contributed by atoms with E-state index in [1.807, 2.05) is 18.2 Å². The molecule has 0 atom stereocenters. The summed E-state index contributed by atoms with van der Waals surface area (Å²) in [7, 11) is 0. The van der Waals surface area contributed by atoms with Crippen molar-refractivity contribution >= 4 is 34.7 Å². The summed E-state index contributed by atoms with van der Waals surface area (Å²) in [6, 6.07) is 12.8. The minimum atomic E-state index is -0.723. The Morgan fingerprint density at radius 1 is 1.19 bits per heavy atom. The van der Waals surface area contributed by atoms with E-state index in [2.05, 4.69) is 0 Å². The zero-order valence-electron chi connectivity index (χ0n) is 13.9. The van der Waals surface area contributed by atoms with Crippen LogP contribution in [0.4, 0.5) is 10.5 Å². The average Bonchev–Trinajstić information content (AvgIpc) is 2.91. The maximum absolute atomic E-state index is 12.4. The lowest BCUT2D eigenvalue weighted by Gasteiger charge is -2.13. The Morgan fingerprint density at radius 3 is 2.63 bits per heavy atom. The summed E-state index contributed by atoms with van der Waals surface area (Å²) in [6.45, 7) is 0.243. The number of nitro groups is 1. The SMILES string of the molecule is O=C1S/C(=C\c2ccc(O)c([N+](=O)[O-])c2)C(=O)N1CCOc1ccccc1. The van der Waals surface area contributed by atoms with Crippen LogP contribution in [0.2, 0.25) is 0 Å². The smallest absolute Gasteiger partial charge is 0.311 e. The number of imide groups is 1. The van der Waals surface area contributed by atoms with Crippen molar-refractivity contribution in [3.8, 4) is 11.5 Å². The van der Waals surface area contributed by atoms with Crippen LogP contribution in [0.25, 0.3) is 6.08 Å². The molecule has 1 aliphatic heterocycles. The number of thioether (sulfide) groups is 1. The Labute approximate surface area is 158 Å². The number of ether oxygens (including phenoxy) is 1. The Bertz CT molecular complexity index is 929. The molecule has 27 heavy (non-hydrogen) atoms. The van der Waals surface area contributed by atoms with Crippen LogP contribution in [-0.2, 0) is 4.79 Å². The third-order valence-corrected chi connectivity index (χ3v) is 4.60. The van der Waals surface area contributed by atoms with Gasteiger partial charge in [0, 0.05) is 6.07 Å². The van der Waals surface area contributed by atoms with Gasteiger partial charge >= 0.3 is 5.69 Å². The maximum atomic E-state index is 12.4. The van der Waals surface area contributed by atoms with Crippen molar-refractivity contribution in [2.75, 3.05) is 13.2 Å². The summed E-state index contributed by atoms with van der Waals surface area (Å²) in [4.78, 5) is 35.9. The van der Waals surface area contributed by atoms with Crippen molar-refractivity contribution in [1.29, 1.82) is 0 Å². The number of para-hydroxylation sites is 1. The van der Waals surface area contributed by atoms with E-state index < -0.39 is 27.5 Å². The number of hydrogen-bond donors (Lipinski definition) is 1. The average molecular weight is 386 g/mol. The van der Waals surface area contributed by atoms with Gasteiger partial charge in [-0.2, -0.15) is 0 Å². The highest BCUT2D eigenvalue weighted by Gasteiger charge is 2.34. The number of nitro benzene ring substituents is 1. The number of phenolic OH excluding ortho intramolecular Hbond substituents is 1. The number of amides is 2. The zero-order valence-corrected chi connectivity index (χ0v) is 14.7. The molecule has 0 radical (unpaired) electrons. The number of phenols is 1. The van der Waals surface area contributed by atoms with Crippen molar-refractivity contribution in [1.82, 2.24) is 4.90 Å². The number of carbonyl (C=O) groups is 2. The van der Waals surface area contributed by atoms with Gasteiger partial charge in [0.05, 0.1) is 16.4 Å². The quantitative estimate of drug-likeness (QED) is 0.460. The standard InChI is InChI=1S/C18H14N2O6S/c21-15-7-6-12(10-14(15)20(24)25)11-16-17(22)19(18(23)27-16)8-9-26-13-4-2-1-3-5-13/h1-7,10-11,21H,8-9H2/b16-11-. The van der Waals surface area contributed by atoms with Gasteiger partial charge in [0.1, 0.15) is 12.4 Å². The monoisotopic (exact) mass is 386 g/mol. The van der Waals surface area contributed by atoms with E-state index >= 15 is 0 Å². The van der Waals surface area contributed by atoms with E-state index in [4.69, 9.17) is 4.74 Å². The summed E-state index contributed by atoms with van der Waals surface area (Å²) in [5, 5.41) is 19.9. The summed E-state index contributed by atoms with van der Waals surface area (Å²) in [6.07, 6.45) is 1.38. The third-order valence-electron chi connectivity index (χ3n) is 3.69. The summed E-state index contributed by atoms with van der Waals surface area (Å²) >= 11 is 0.752. The molecular weight excluding hydrogens is 372 g/mol. The van der Waals surface area contributed by atoms with Crippen LogP contribution in [0.1, 0.15) is 5.56 Å². The van der Waals surface area contributed by atoms with E-state index in [9.17, 15) is 24.8 Å². The van der Waals surface area contributed by atoms with Crippen LogP contribution in [0, 0.1) is 10.1 Å². The van der Waals surface area contributed by atoms with Crippen LogP contribution in [-0.4, -0.2) is 39.2 Å². The number of carbonyl (C=O) groups excluding carboxylic acids is 2. The van der Waals surface area contributed by atoms with Gasteiger partial charge in [-0.05, 0) is 41.6 Å². The van der Waals surface area contributed by atoms with Gasteiger partial charge in [-0.1, -0.05) is 24.3 Å². The van der Waals surface area contributed by atoms with Gasteiger partial charge < -0.3 is 9.84 Å². The minimum Gasteiger partial charge on any atom is -0.502 e. The highest BCUT2D eigenvalue weighted by Crippen LogP contribution is 2.34. The molecule has 1 fully saturated rings. The van der Waals surface area contributed by atoms with Gasteiger partial charge in [0.15, 0.2) is 5.75 Å². The second kappa shape index (κ2) is 7.92. The fraction of sp³-hybridized carbons (Fsp3) is 0.111. The molecule has 3 rings (SSSR count). The number of nitrogens with zero attached hydrogens (tertiary/aromatic N) is 2. The van der Waals surface area contributed by atoms with Gasteiger partial charge in [-0.15, -0.1) is 0 Å². The van der Waals surface area contributed by atoms with E-state index in [1.54, 1.807) is 12.1 Å². The summed E-state index contributed by atoms with van der Waals surface area (Å²) in [5.41, 5.74) is -0.134. The molecule has 0 spiro atoms. The lowest BCUT2D eigenvalue weighted by Crippen LogP contribution is -2.32. The Morgan fingerprint density at radius 2 is 1.93 bits per heavy atom. The summed E-state index contributed by atoms with van der Waals surface area (Å²) in [5.74, 6) is -0.322. The van der Waals surface area contributed by atoms with Gasteiger partial charge in [0.25, 0.3) is 11.1 Å². The van der Waals surface area contributed by atoms with Crippen molar-refractivity contribution in [2.45, 2.75) is 0 Å². The van der Waals surface area contributed by atoms with Crippen molar-refractivity contribution in [2.24, 2.45) is 0 Å². The molecule has 0 aromatic heterocycles. The van der Waals surface area contributed by atoms with Gasteiger partial charge in [-0.25, -0.2) is 0 Å². The molecule has 2 aromatic rings. The Balaban J connectivity index is 1.69. The number of benzene rings is 2. The summed E-state index contributed by atoms with van der Waals surface area (Å²) < 4.78 is 5.50. The predicted octanol–water partition coefficient (Wildman–Crippen LogP) is 3.42. The molecule has 1 heterocycles. The maximum Gasteiger partial charge on any atom is 0.311 e. The van der Waals surface area contributed by atoms with Crippen molar-refractivity contribution < 1.29 is 24.4 Å². The molecule has 0 bridgehead atoms. The Hall–Kier alpha value is -3.33. The van der Waals surface area contributed by atoms with E-state index in [0.29, 0.717) is 11.3 Å². The van der Waals surface area contributed by atoms with Crippen LogP contribution < -0.4 is 4.74 Å². The van der Waals surface area contributed by atoms with E-state index in [-0.39, 0.29) is 18.1 Å². The number of aromatic hydroxyl groups is 1. The Kier molecular flexibility index (Phi) is 5.41. The van der Waals surface area contributed by atoms with Crippen molar-refractivity contribution in [3.63, 3.8) is 0 Å². The molecule has 2 amide bonds. The molecule has 1 saturated heterocycles. The fourth-order valence-electron chi connectivity index (χ4n) is 2.39. The first kappa shape index (κ1) is 18.5. The van der Waals surface area contributed by atoms with Gasteiger partial charge in [0.2, 0.25) is 0 Å².